The molecular formula is C13H17N3S. The molecule has 2 rings (SSSR count). The molecule has 0 bridgehead atoms. The molecule has 0 unspecified atom stereocenters. The lowest BCUT2D eigenvalue weighted by Crippen LogP contribution is -2.38. The average molecular weight is 247 g/mol. The number of nitrogens with zero attached hydrogens (tertiary/aromatic N) is 2. The lowest BCUT2D eigenvalue weighted by atomic mass is 10.1. The van der Waals surface area contributed by atoms with Crippen LogP contribution in [0.2, 0.25) is 0 Å². The highest BCUT2D eigenvalue weighted by molar-refractivity contribution is 7.80. The molecule has 0 fully saturated rings. The molecule has 1 heterocycles. The smallest absolute Gasteiger partial charge is 0.189 e. The van der Waals surface area contributed by atoms with Crippen molar-refractivity contribution >= 4 is 23.0 Å². The summed E-state index contributed by atoms with van der Waals surface area (Å²) < 4.78 is 0. The third kappa shape index (κ3) is 3.03. The Bertz CT molecular complexity index is 426. The van der Waals surface area contributed by atoms with Crippen LogP contribution in [0.5, 0.6) is 0 Å². The maximum absolute atomic E-state index is 5.30. The monoisotopic (exact) mass is 247 g/mol. The third-order valence-electron chi connectivity index (χ3n) is 2.56. The summed E-state index contributed by atoms with van der Waals surface area (Å²) in [5, 5.41) is 10.4. The first-order valence-electron chi connectivity index (χ1n) is 5.88. The van der Waals surface area contributed by atoms with Gasteiger partial charge in [0, 0.05) is 19.0 Å². The standard InChI is InChI=1S/C13H17N3S/c1-10(2)14-13(17)16-9-8-12(15-16)11-6-4-3-5-7-11/h3-7,10H,8-9H2,1-2H3,(H,14,17). The lowest BCUT2D eigenvalue weighted by Gasteiger charge is -2.18. The second-order valence-corrected chi connectivity index (χ2v) is 4.78. The van der Waals surface area contributed by atoms with Crippen LogP contribution in [0.15, 0.2) is 35.4 Å². The van der Waals surface area contributed by atoms with E-state index in [0.29, 0.717) is 11.2 Å². The Labute approximate surface area is 108 Å². The molecule has 0 spiro atoms. The van der Waals surface area contributed by atoms with Crippen molar-refractivity contribution in [2.24, 2.45) is 5.10 Å². The molecule has 0 atom stereocenters. The number of hydrogen-bond donors (Lipinski definition) is 1. The molecule has 1 aliphatic heterocycles. The molecule has 1 aromatic rings. The number of nitrogens with one attached hydrogen (secondary N) is 1. The van der Waals surface area contributed by atoms with Crippen LogP contribution in [0, 0.1) is 0 Å². The van der Waals surface area contributed by atoms with Crippen LogP contribution in [0.3, 0.4) is 0 Å². The zero-order valence-corrected chi connectivity index (χ0v) is 11.0. The first-order chi connectivity index (χ1) is 8.16. The van der Waals surface area contributed by atoms with Crippen LogP contribution >= 0.6 is 12.2 Å². The van der Waals surface area contributed by atoms with Gasteiger partial charge in [0.25, 0.3) is 0 Å². The van der Waals surface area contributed by atoms with Crippen molar-refractivity contribution in [1.82, 2.24) is 10.3 Å². The molecule has 17 heavy (non-hydrogen) atoms. The minimum absolute atomic E-state index is 0.346. The average Bonchev–Trinajstić information content (AvgIpc) is 2.78. The maximum atomic E-state index is 5.30. The van der Waals surface area contributed by atoms with E-state index in [-0.39, 0.29) is 0 Å². The van der Waals surface area contributed by atoms with Gasteiger partial charge in [-0.3, -0.25) is 0 Å². The molecule has 4 heteroatoms. The van der Waals surface area contributed by atoms with Crippen molar-refractivity contribution in [3.63, 3.8) is 0 Å². The topological polar surface area (TPSA) is 27.6 Å². The van der Waals surface area contributed by atoms with Gasteiger partial charge in [-0.05, 0) is 31.6 Å². The Morgan fingerprint density at radius 2 is 2.06 bits per heavy atom. The minimum Gasteiger partial charge on any atom is -0.359 e. The van der Waals surface area contributed by atoms with Crippen LogP contribution in [0.1, 0.15) is 25.8 Å². The Morgan fingerprint density at radius 1 is 1.35 bits per heavy atom. The summed E-state index contributed by atoms with van der Waals surface area (Å²) in [6.45, 7) is 5.01. The van der Waals surface area contributed by atoms with Gasteiger partial charge in [-0.1, -0.05) is 30.3 Å². The quantitative estimate of drug-likeness (QED) is 0.813. The molecular weight excluding hydrogens is 230 g/mol. The molecule has 90 valence electrons. The van der Waals surface area contributed by atoms with Crippen LogP contribution < -0.4 is 5.32 Å². The van der Waals surface area contributed by atoms with E-state index < -0.39 is 0 Å². The fourth-order valence-corrected chi connectivity index (χ4v) is 2.13. The predicted octanol–water partition coefficient (Wildman–Crippen LogP) is 2.38. The summed E-state index contributed by atoms with van der Waals surface area (Å²) in [6.07, 6.45) is 0.948. The highest BCUT2D eigenvalue weighted by atomic mass is 32.1. The number of thiocarbonyl (C=S) groups is 1. The van der Waals surface area contributed by atoms with E-state index in [2.05, 4.69) is 36.4 Å². The van der Waals surface area contributed by atoms with Gasteiger partial charge in [0.1, 0.15) is 0 Å². The van der Waals surface area contributed by atoms with Gasteiger partial charge in [-0.25, -0.2) is 5.01 Å². The van der Waals surface area contributed by atoms with Crippen molar-refractivity contribution in [3.05, 3.63) is 35.9 Å². The molecule has 0 amide bonds. The van der Waals surface area contributed by atoms with Crippen LogP contribution in [-0.2, 0) is 0 Å². The zero-order valence-electron chi connectivity index (χ0n) is 10.2. The molecule has 0 saturated heterocycles. The number of rotatable bonds is 2. The molecule has 0 aliphatic carbocycles. The fraction of sp³-hybridized carbons (Fsp3) is 0.385. The Kier molecular flexibility index (Phi) is 3.74. The third-order valence-corrected chi connectivity index (χ3v) is 2.88. The van der Waals surface area contributed by atoms with E-state index >= 15 is 0 Å². The lowest BCUT2D eigenvalue weighted by molar-refractivity contribution is 0.472. The molecule has 1 aromatic carbocycles. The SMILES string of the molecule is CC(C)NC(=S)N1CCC(c2ccccc2)=N1. The van der Waals surface area contributed by atoms with Crippen LogP contribution in [0.25, 0.3) is 0 Å². The molecule has 1 N–H and O–H groups in total. The summed E-state index contributed by atoms with van der Waals surface area (Å²) in [4.78, 5) is 0. The van der Waals surface area contributed by atoms with E-state index in [0.717, 1.165) is 18.7 Å². The van der Waals surface area contributed by atoms with Gasteiger partial charge in [-0.2, -0.15) is 5.10 Å². The van der Waals surface area contributed by atoms with E-state index in [4.69, 9.17) is 12.2 Å². The van der Waals surface area contributed by atoms with Crippen molar-refractivity contribution < 1.29 is 0 Å². The van der Waals surface area contributed by atoms with E-state index in [1.54, 1.807) is 0 Å². The van der Waals surface area contributed by atoms with Gasteiger partial charge >= 0.3 is 0 Å². The van der Waals surface area contributed by atoms with Crippen molar-refractivity contribution in [1.29, 1.82) is 0 Å². The number of hydrogen-bond acceptors (Lipinski definition) is 2. The van der Waals surface area contributed by atoms with Crippen molar-refractivity contribution in [2.75, 3.05) is 6.54 Å². The van der Waals surface area contributed by atoms with Gasteiger partial charge in [-0.15, -0.1) is 0 Å². The molecule has 0 aromatic heterocycles. The first-order valence-corrected chi connectivity index (χ1v) is 6.28. The largest absolute Gasteiger partial charge is 0.359 e. The predicted molar refractivity (Wildman–Crippen MR) is 75.2 cm³/mol. The number of benzene rings is 1. The fourth-order valence-electron chi connectivity index (χ4n) is 1.76. The molecule has 0 radical (unpaired) electrons. The Hall–Kier alpha value is -1.42. The van der Waals surface area contributed by atoms with Crippen LogP contribution in [-0.4, -0.2) is 28.4 Å². The molecule has 3 nitrogen and oxygen atoms in total. The second kappa shape index (κ2) is 5.27. The van der Waals surface area contributed by atoms with Gasteiger partial charge < -0.3 is 5.32 Å². The summed E-state index contributed by atoms with van der Waals surface area (Å²) in [6, 6.07) is 10.6. The Morgan fingerprint density at radius 3 is 2.71 bits per heavy atom. The normalized spacial score (nSPS) is 15.0. The maximum Gasteiger partial charge on any atom is 0.189 e. The minimum atomic E-state index is 0.346. The molecule has 1 aliphatic rings. The van der Waals surface area contributed by atoms with Gasteiger partial charge in [0.2, 0.25) is 0 Å². The van der Waals surface area contributed by atoms with Crippen molar-refractivity contribution in [2.45, 2.75) is 26.3 Å². The summed E-state index contributed by atoms with van der Waals surface area (Å²) >= 11 is 5.30. The first kappa shape index (κ1) is 12.0. The Balaban J connectivity index is 2.07. The summed E-state index contributed by atoms with van der Waals surface area (Å²) in [5.41, 5.74) is 2.29. The number of hydrazone groups is 1. The highest BCUT2D eigenvalue weighted by Gasteiger charge is 2.19. The summed E-state index contributed by atoms with van der Waals surface area (Å²) in [7, 11) is 0. The second-order valence-electron chi connectivity index (χ2n) is 4.39. The van der Waals surface area contributed by atoms with E-state index in [1.807, 2.05) is 23.2 Å². The van der Waals surface area contributed by atoms with Gasteiger partial charge in [0.15, 0.2) is 5.11 Å². The van der Waals surface area contributed by atoms with Crippen LogP contribution in [0.4, 0.5) is 0 Å². The molecule has 0 saturated carbocycles. The zero-order chi connectivity index (χ0) is 12.3. The van der Waals surface area contributed by atoms with Gasteiger partial charge in [0.05, 0.1) is 5.71 Å². The highest BCUT2D eigenvalue weighted by Crippen LogP contribution is 2.13. The van der Waals surface area contributed by atoms with Crippen molar-refractivity contribution in [3.8, 4) is 0 Å². The van der Waals surface area contributed by atoms with E-state index in [9.17, 15) is 0 Å². The van der Waals surface area contributed by atoms with E-state index in [1.165, 1.54) is 5.56 Å². The summed E-state index contributed by atoms with van der Waals surface area (Å²) in [5.74, 6) is 0.